The zero-order valence-electron chi connectivity index (χ0n) is 14.3. The molecule has 1 aliphatic heterocycles. The van der Waals surface area contributed by atoms with Gasteiger partial charge in [-0.05, 0) is 42.0 Å². The summed E-state index contributed by atoms with van der Waals surface area (Å²) in [6.45, 7) is 1.38. The van der Waals surface area contributed by atoms with Crippen molar-refractivity contribution < 1.29 is 8.42 Å². The van der Waals surface area contributed by atoms with Gasteiger partial charge in [0.2, 0.25) is 10.0 Å². The Labute approximate surface area is 161 Å². The highest BCUT2D eigenvalue weighted by molar-refractivity contribution is 7.92. The van der Waals surface area contributed by atoms with Gasteiger partial charge in [0.15, 0.2) is 5.13 Å². The van der Waals surface area contributed by atoms with Gasteiger partial charge in [-0.2, -0.15) is 0 Å². The second-order valence-electron chi connectivity index (χ2n) is 6.22. The summed E-state index contributed by atoms with van der Waals surface area (Å²) in [6.07, 6.45) is 2.99. The molecule has 5 nitrogen and oxygen atoms in total. The lowest BCUT2D eigenvalue weighted by atomic mass is 10.1. The summed E-state index contributed by atoms with van der Waals surface area (Å²) in [5.41, 5.74) is 3.81. The third-order valence-corrected chi connectivity index (χ3v) is 7.28. The van der Waals surface area contributed by atoms with Crippen molar-refractivity contribution in [3.63, 3.8) is 0 Å². The predicted molar refractivity (Wildman–Crippen MR) is 110 cm³/mol. The lowest BCUT2D eigenvalue weighted by Gasteiger charge is -2.16. The van der Waals surface area contributed by atoms with Gasteiger partial charge in [0, 0.05) is 28.9 Å². The van der Waals surface area contributed by atoms with E-state index >= 15 is 0 Å². The van der Waals surface area contributed by atoms with Crippen LogP contribution in [0, 0.1) is 0 Å². The van der Waals surface area contributed by atoms with Crippen molar-refractivity contribution in [2.75, 3.05) is 29.0 Å². The number of hydrogen-bond donors (Lipinski definition) is 1. The van der Waals surface area contributed by atoms with Gasteiger partial charge < -0.3 is 5.32 Å². The highest BCUT2D eigenvalue weighted by atomic mass is 32.2. The number of nitrogens with one attached hydrogen (secondary N) is 1. The standard InChI is InChI=1S/C18H19N3O2S3/c1-26(22,23)21-9-7-14-11-13(4-5-17(14)21)16-12-25-18(20-16)19-8-6-15-3-2-10-24-15/h2-5,10-12H,6-9H2,1H3,(H,19,20). The van der Waals surface area contributed by atoms with E-state index in [1.54, 1.807) is 22.7 Å². The van der Waals surface area contributed by atoms with Crippen LogP contribution in [0.3, 0.4) is 0 Å². The molecule has 4 rings (SSSR count). The van der Waals surface area contributed by atoms with Gasteiger partial charge in [-0.25, -0.2) is 13.4 Å². The molecule has 0 fully saturated rings. The smallest absolute Gasteiger partial charge is 0.232 e. The molecule has 0 bridgehead atoms. The summed E-state index contributed by atoms with van der Waals surface area (Å²) >= 11 is 3.36. The number of aromatic nitrogens is 1. The van der Waals surface area contributed by atoms with Crippen molar-refractivity contribution in [3.8, 4) is 11.3 Å². The van der Waals surface area contributed by atoms with E-state index in [0.717, 1.165) is 47.0 Å². The first kappa shape index (κ1) is 17.5. The number of rotatable bonds is 6. The number of benzene rings is 1. The molecule has 0 saturated heterocycles. The molecule has 0 aliphatic carbocycles. The summed E-state index contributed by atoms with van der Waals surface area (Å²) in [5.74, 6) is 0. The maximum Gasteiger partial charge on any atom is 0.232 e. The molecule has 0 unspecified atom stereocenters. The van der Waals surface area contributed by atoms with Crippen LogP contribution in [-0.4, -0.2) is 32.7 Å². The zero-order valence-corrected chi connectivity index (χ0v) is 16.8. The van der Waals surface area contributed by atoms with Crippen LogP contribution in [0.25, 0.3) is 11.3 Å². The lowest BCUT2D eigenvalue weighted by Crippen LogP contribution is -2.27. The first-order valence-corrected chi connectivity index (χ1v) is 11.9. The first-order chi connectivity index (χ1) is 12.5. The fraction of sp³-hybridized carbons (Fsp3) is 0.278. The Morgan fingerprint density at radius 2 is 2.15 bits per heavy atom. The first-order valence-electron chi connectivity index (χ1n) is 8.33. The van der Waals surface area contributed by atoms with Crippen molar-refractivity contribution in [2.45, 2.75) is 12.8 Å². The predicted octanol–water partition coefficient (Wildman–Crippen LogP) is 3.85. The Bertz CT molecular complexity index is 1010. The van der Waals surface area contributed by atoms with E-state index in [2.05, 4.69) is 33.9 Å². The molecule has 1 N–H and O–H groups in total. The van der Waals surface area contributed by atoms with Gasteiger partial charge in [-0.15, -0.1) is 22.7 Å². The fourth-order valence-corrected chi connectivity index (χ4v) is 5.53. The Kier molecular flexibility index (Phi) is 4.73. The van der Waals surface area contributed by atoms with E-state index in [-0.39, 0.29) is 0 Å². The molecule has 0 radical (unpaired) electrons. The summed E-state index contributed by atoms with van der Waals surface area (Å²) in [5, 5.41) is 8.42. The number of fused-ring (bicyclic) bond motifs is 1. The van der Waals surface area contributed by atoms with Gasteiger partial charge in [0.25, 0.3) is 0 Å². The Morgan fingerprint density at radius 3 is 2.92 bits per heavy atom. The minimum atomic E-state index is -3.21. The quantitative estimate of drug-likeness (QED) is 0.677. The number of anilines is 2. The van der Waals surface area contributed by atoms with E-state index in [9.17, 15) is 8.42 Å². The molecule has 3 aromatic rings. The van der Waals surface area contributed by atoms with Crippen LogP contribution in [0.4, 0.5) is 10.8 Å². The minimum absolute atomic E-state index is 0.518. The summed E-state index contributed by atoms with van der Waals surface area (Å²) in [7, 11) is -3.21. The highest BCUT2D eigenvalue weighted by Crippen LogP contribution is 2.34. The molecule has 3 heterocycles. The monoisotopic (exact) mass is 405 g/mol. The van der Waals surface area contributed by atoms with Crippen LogP contribution in [0.5, 0.6) is 0 Å². The molecular weight excluding hydrogens is 386 g/mol. The number of hydrogen-bond acceptors (Lipinski definition) is 6. The second-order valence-corrected chi connectivity index (χ2v) is 10.0. The fourth-order valence-electron chi connectivity index (χ4n) is 3.11. The maximum absolute atomic E-state index is 11.8. The topological polar surface area (TPSA) is 62.3 Å². The average Bonchev–Trinajstić information content (AvgIpc) is 3.34. The highest BCUT2D eigenvalue weighted by Gasteiger charge is 2.26. The van der Waals surface area contributed by atoms with E-state index in [0.29, 0.717) is 6.54 Å². The van der Waals surface area contributed by atoms with Gasteiger partial charge in [-0.1, -0.05) is 12.1 Å². The Morgan fingerprint density at radius 1 is 1.27 bits per heavy atom. The Hall–Kier alpha value is -1.90. The van der Waals surface area contributed by atoms with Crippen molar-refractivity contribution in [1.82, 2.24) is 4.98 Å². The molecule has 2 aromatic heterocycles. The van der Waals surface area contributed by atoms with Crippen molar-refractivity contribution in [1.29, 1.82) is 0 Å². The van der Waals surface area contributed by atoms with E-state index < -0.39 is 10.0 Å². The molecule has 8 heteroatoms. The molecule has 136 valence electrons. The summed E-state index contributed by atoms with van der Waals surface area (Å²) < 4.78 is 25.2. The van der Waals surface area contributed by atoms with E-state index in [1.165, 1.54) is 15.4 Å². The van der Waals surface area contributed by atoms with E-state index in [4.69, 9.17) is 0 Å². The SMILES string of the molecule is CS(=O)(=O)N1CCc2cc(-c3csc(NCCc4cccs4)n3)ccc21. The third-order valence-electron chi connectivity index (χ3n) is 4.36. The van der Waals surface area contributed by atoms with Crippen molar-refractivity contribution in [2.24, 2.45) is 0 Å². The van der Waals surface area contributed by atoms with Gasteiger partial charge in [0.05, 0.1) is 17.6 Å². The second kappa shape index (κ2) is 7.02. The maximum atomic E-state index is 11.8. The number of sulfonamides is 1. The number of nitrogens with zero attached hydrogens (tertiary/aromatic N) is 2. The minimum Gasteiger partial charge on any atom is -0.361 e. The van der Waals surface area contributed by atoms with Gasteiger partial charge >= 0.3 is 0 Å². The van der Waals surface area contributed by atoms with Gasteiger partial charge in [0.1, 0.15) is 0 Å². The summed E-state index contributed by atoms with van der Waals surface area (Å²) in [4.78, 5) is 6.04. The summed E-state index contributed by atoms with van der Waals surface area (Å²) in [6, 6.07) is 10.1. The normalized spacial score (nSPS) is 13.8. The average molecular weight is 406 g/mol. The van der Waals surface area contributed by atoms with Crippen LogP contribution < -0.4 is 9.62 Å². The van der Waals surface area contributed by atoms with Crippen LogP contribution in [0.1, 0.15) is 10.4 Å². The lowest BCUT2D eigenvalue weighted by molar-refractivity contribution is 0.598. The van der Waals surface area contributed by atoms with Crippen LogP contribution >= 0.6 is 22.7 Å². The molecular formula is C18H19N3O2S3. The molecule has 26 heavy (non-hydrogen) atoms. The molecule has 1 aliphatic rings. The Balaban J connectivity index is 1.46. The molecule has 0 saturated carbocycles. The largest absolute Gasteiger partial charge is 0.361 e. The number of thiophene rings is 1. The van der Waals surface area contributed by atoms with E-state index in [1.807, 2.05) is 17.5 Å². The van der Waals surface area contributed by atoms with Crippen LogP contribution in [0.2, 0.25) is 0 Å². The molecule has 0 amide bonds. The van der Waals surface area contributed by atoms with Crippen molar-refractivity contribution >= 4 is 43.5 Å². The molecule has 1 aromatic carbocycles. The molecule has 0 spiro atoms. The van der Waals surface area contributed by atoms with Gasteiger partial charge in [-0.3, -0.25) is 4.31 Å². The van der Waals surface area contributed by atoms with Crippen molar-refractivity contribution in [3.05, 3.63) is 51.5 Å². The van der Waals surface area contributed by atoms with Crippen LogP contribution in [-0.2, 0) is 22.9 Å². The number of thiazole rings is 1. The third kappa shape index (κ3) is 3.62. The zero-order chi connectivity index (χ0) is 18.1. The van der Waals surface area contributed by atoms with Crippen LogP contribution in [0.15, 0.2) is 41.1 Å². The molecule has 0 atom stereocenters.